The normalized spacial score (nSPS) is 12.0. The Morgan fingerprint density at radius 3 is 2.48 bits per heavy atom. The third kappa shape index (κ3) is 4.36. The number of nitrogens with two attached hydrogens (primary N) is 1. The van der Waals surface area contributed by atoms with Crippen LogP contribution in [0.2, 0.25) is 5.02 Å². The molecule has 0 aliphatic heterocycles. The monoisotopic (exact) mass is 337 g/mol. The molecule has 0 saturated carbocycles. The van der Waals surface area contributed by atoms with E-state index in [1.165, 1.54) is 13.2 Å². The van der Waals surface area contributed by atoms with Gasteiger partial charge in [-0.05, 0) is 55.3 Å². The topological polar surface area (TPSA) is 44.5 Å². The molecule has 0 radical (unpaired) electrons. The molecule has 0 spiro atoms. The first-order chi connectivity index (χ1) is 11.1. The van der Waals surface area contributed by atoms with Crippen molar-refractivity contribution in [3.63, 3.8) is 0 Å². The highest BCUT2D eigenvalue weighted by molar-refractivity contribution is 6.32. The molecular weight excluding hydrogens is 317 g/mol. The molecule has 23 heavy (non-hydrogen) atoms. The lowest BCUT2D eigenvalue weighted by atomic mass is 9.92. The summed E-state index contributed by atoms with van der Waals surface area (Å²) in [6, 6.07) is 10.6. The molecule has 2 aromatic rings. The molecule has 0 bridgehead atoms. The summed E-state index contributed by atoms with van der Waals surface area (Å²) in [6.07, 6.45) is 0.675. The molecule has 1 atom stereocenters. The van der Waals surface area contributed by atoms with E-state index in [0.29, 0.717) is 30.3 Å². The van der Waals surface area contributed by atoms with Crippen molar-refractivity contribution in [2.75, 3.05) is 20.3 Å². The Kier molecular flexibility index (Phi) is 6.25. The zero-order valence-corrected chi connectivity index (χ0v) is 14.1. The van der Waals surface area contributed by atoms with Crippen LogP contribution in [-0.2, 0) is 6.42 Å². The summed E-state index contributed by atoms with van der Waals surface area (Å²) in [5, 5.41) is 0.570. The second-order valence-corrected chi connectivity index (χ2v) is 5.64. The number of benzene rings is 2. The number of hydrogen-bond acceptors (Lipinski definition) is 3. The van der Waals surface area contributed by atoms with Crippen molar-refractivity contribution < 1.29 is 13.9 Å². The number of methoxy groups -OCH3 is 1. The van der Waals surface area contributed by atoms with Gasteiger partial charge in [-0.15, -0.1) is 0 Å². The van der Waals surface area contributed by atoms with Gasteiger partial charge in [0.05, 0.1) is 18.7 Å². The van der Waals surface area contributed by atoms with Gasteiger partial charge in [0.2, 0.25) is 0 Å². The predicted molar refractivity (Wildman–Crippen MR) is 91.1 cm³/mol. The van der Waals surface area contributed by atoms with Crippen molar-refractivity contribution in [3.8, 4) is 11.5 Å². The maximum atomic E-state index is 13.9. The minimum atomic E-state index is -0.381. The lowest BCUT2D eigenvalue weighted by Crippen LogP contribution is -2.15. The Hall–Kier alpha value is -1.78. The predicted octanol–water partition coefficient (Wildman–Crippen LogP) is 4.17. The summed E-state index contributed by atoms with van der Waals surface area (Å²) in [5.74, 6) is 0.518. The third-order valence-electron chi connectivity index (χ3n) is 3.71. The maximum absolute atomic E-state index is 13.9. The molecule has 0 saturated heterocycles. The van der Waals surface area contributed by atoms with Crippen molar-refractivity contribution in [1.82, 2.24) is 0 Å². The third-order valence-corrected chi connectivity index (χ3v) is 4.01. The van der Waals surface area contributed by atoms with E-state index < -0.39 is 0 Å². The molecule has 2 aromatic carbocycles. The van der Waals surface area contributed by atoms with E-state index >= 15 is 0 Å². The van der Waals surface area contributed by atoms with Crippen LogP contribution in [0.5, 0.6) is 11.5 Å². The van der Waals surface area contributed by atoms with Gasteiger partial charge in [0, 0.05) is 5.92 Å². The maximum Gasteiger partial charge on any atom is 0.165 e. The van der Waals surface area contributed by atoms with Gasteiger partial charge in [0.15, 0.2) is 11.6 Å². The Bertz CT molecular complexity index is 663. The first-order valence-electron chi connectivity index (χ1n) is 7.53. The molecule has 0 aliphatic rings. The van der Waals surface area contributed by atoms with Gasteiger partial charge in [0.1, 0.15) is 5.75 Å². The quantitative estimate of drug-likeness (QED) is 0.824. The minimum absolute atomic E-state index is 0.00409. The highest BCUT2D eigenvalue weighted by Crippen LogP contribution is 2.29. The molecule has 0 aliphatic carbocycles. The van der Waals surface area contributed by atoms with Crippen LogP contribution in [0.1, 0.15) is 24.0 Å². The number of ether oxygens (including phenoxy) is 2. The average Bonchev–Trinajstić information content (AvgIpc) is 2.55. The van der Waals surface area contributed by atoms with Crippen LogP contribution in [0.4, 0.5) is 4.39 Å². The van der Waals surface area contributed by atoms with Crippen LogP contribution in [0.15, 0.2) is 36.4 Å². The van der Waals surface area contributed by atoms with Crippen molar-refractivity contribution >= 4 is 11.6 Å². The second-order valence-electron chi connectivity index (χ2n) is 5.23. The van der Waals surface area contributed by atoms with Crippen LogP contribution in [0.25, 0.3) is 0 Å². The SMILES string of the molecule is CCOc1ccc(CC(CN)c2ccc(OC)c(F)c2)cc1Cl. The van der Waals surface area contributed by atoms with Crippen LogP contribution >= 0.6 is 11.6 Å². The highest BCUT2D eigenvalue weighted by Gasteiger charge is 2.14. The number of hydrogen-bond donors (Lipinski definition) is 1. The molecule has 0 fully saturated rings. The van der Waals surface area contributed by atoms with Gasteiger partial charge >= 0.3 is 0 Å². The molecule has 2 N–H and O–H groups in total. The standard InChI is InChI=1S/C18H21ClFNO2/c1-3-23-17-6-4-12(9-15(17)19)8-14(11-21)13-5-7-18(22-2)16(20)10-13/h4-7,9-10,14H,3,8,11,21H2,1-2H3. The largest absolute Gasteiger partial charge is 0.494 e. The van der Waals surface area contributed by atoms with Crippen molar-refractivity contribution in [1.29, 1.82) is 0 Å². The van der Waals surface area contributed by atoms with Crippen LogP contribution in [-0.4, -0.2) is 20.3 Å². The summed E-state index contributed by atoms with van der Waals surface area (Å²) in [6.45, 7) is 2.89. The number of rotatable bonds is 7. The zero-order chi connectivity index (χ0) is 16.8. The minimum Gasteiger partial charge on any atom is -0.494 e. The molecule has 1 unspecified atom stereocenters. The van der Waals surface area contributed by atoms with Crippen LogP contribution in [0, 0.1) is 5.82 Å². The van der Waals surface area contributed by atoms with E-state index in [1.54, 1.807) is 6.07 Å². The van der Waals surface area contributed by atoms with E-state index in [2.05, 4.69) is 0 Å². The van der Waals surface area contributed by atoms with Crippen molar-refractivity contribution in [2.24, 2.45) is 5.73 Å². The lowest BCUT2D eigenvalue weighted by molar-refractivity contribution is 0.340. The van der Waals surface area contributed by atoms with E-state index in [4.69, 9.17) is 26.8 Å². The fourth-order valence-electron chi connectivity index (χ4n) is 2.50. The Morgan fingerprint density at radius 1 is 1.17 bits per heavy atom. The van der Waals surface area contributed by atoms with Gasteiger partial charge in [0.25, 0.3) is 0 Å². The van der Waals surface area contributed by atoms with E-state index in [-0.39, 0.29) is 17.5 Å². The number of halogens is 2. The molecule has 0 heterocycles. The Balaban J connectivity index is 2.19. The summed E-state index contributed by atoms with van der Waals surface area (Å²) in [4.78, 5) is 0. The molecule has 2 rings (SSSR count). The summed E-state index contributed by atoms with van der Waals surface area (Å²) in [5.41, 5.74) is 7.75. The van der Waals surface area contributed by atoms with Crippen LogP contribution in [0.3, 0.4) is 0 Å². The molecule has 0 amide bonds. The fourth-order valence-corrected chi connectivity index (χ4v) is 2.76. The van der Waals surface area contributed by atoms with Crippen molar-refractivity contribution in [2.45, 2.75) is 19.3 Å². The second kappa shape index (κ2) is 8.18. The Morgan fingerprint density at radius 2 is 1.91 bits per heavy atom. The van der Waals surface area contributed by atoms with E-state index in [1.807, 2.05) is 31.2 Å². The molecule has 5 heteroatoms. The average molecular weight is 338 g/mol. The molecule has 3 nitrogen and oxygen atoms in total. The Labute approximate surface area is 141 Å². The molecular formula is C18H21ClFNO2. The first-order valence-corrected chi connectivity index (χ1v) is 7.91. The van der Waals surface area contributed by atoms with Gasteiger partial charge in [-0.2, -0.15) is 0 Å². The van der Waals surface area contributed by atoms with Gasteiger partial charge in [-0.1, -0.05) is 23.7 Å². The summed E-state index contributed by atoms with van der Waals surface area (Å²) in [7, 11) is 1.44. The lowest BCUT2D eigenvalue weighted by Gasteiger charge is -2.17. The summed E-state index contributed by atoms with van der Waals surface area (Å²) >= 11 is 6.21. The van der Waals surface area contributed by atoms with E-state index in [0.717, 1.165) is 11.1 Å². The zero-order valence-electron chi connectivity index (χ0n) is 13.3. The molecule has 124 valence electrons. The molecule has 0 aromatic heterocycles. The summed E-state index contributed by atoms with van der Waals surface area (Å²) < 4.78 is 24.3. The fraction of sp³-hybridized carbons (Fsp3) is 0.333. The van der Waals surface area contributed by atoms with Gasteiger partial charge < -0.3 is 15.2 Å². The van der Waals surface area contributed by atoms with E-state index in [9.17, 15) is 4.39 Å². The first kappa shape index (κ1) is 17.6. The van der Waals surface area contributed by atoms with Crippen molar-refractivity contribution in [3.05, 3.63) is 58.4 Å². The smallest absolute Gasteiger partial charge is 0.165 e. The van der Waals surface area contributed by atoms with Gasteiger partial charge in [-0.3, -0.25) is 0 Å². The van der Waals surface area contributed by atoms with Crippen LogP contribution < -0.4 is 15.2 Å². The van der Waals surface area contributed by atoms with Gasteiger partial charge in [-0.25, -0.2) is 4.39 Å². The highest BCUT2D eigenvalue weighted by atomic mass is 35.5.